The molecule has 146 valence electrons. The molecule has 1 aromatic rings. The number of aromatic amines is 1. The zero-order valence-electron chi connectivity index (χ0n) is 14.8. The second kappa shape index (κ2) is 8.21. The van der Waals surface area contributed by atoms with Crippen molar-refractivity contribution < 1.29 is 19.5 Å². The third kappa shape index (κ3) is 3.90. The molecule has 2 aliphatic rings. The van der Waals surface area contributed by atoms with Crippen LogP contribution in [0.5, 0.6) is 0 Å². The smallest absolute Gasteiger partial charge is 0.352 e. The number of urea groups is 1. The molecule has 0 spiro atoms. The Balaban J connectivity index is 1.75. The third-order valence-corrected chi connectivity index (χ3v) is 6.55. The number of nitrogens with zero attached hydrogens (tertiary/aromatic N) is 3. The van der Waals surface area contributed by atoms with Gasteiger partial charge in [0.1, 0.15) is 23.4 Å². The molecule has 3 atom stereocenters. The summed E-state index contributed by atoms with van der Waals surface area (Å²) in [6, 6.07) is -1.14. The third-order valence-electron chi connectivity index (χ3n) is 4.19. The molecule has 1 saturated heterocycles. The molecule has 3 rings (SSSR count). The number of carbonyl (C=O) groups excluding carboxylic acids is 2. The lowest BCUT2D eigenvalue weighted by Crippen LogP contribution is -2.71. The first-order valence-corrected chi connectivity index (χ1v) is 10.3. The van der Waals surface area contributed by atoms with E-state index in [1.165, 1.54) is 34.8 Å². The van der Waals surface area contributed by atoms with Crippen molar-refractivity contribution in [1.29, 1.82) is 0 Å². The number of aromatic nitrogens is 3. The summed E-state index contributed by atoms with van der Waals surface area (Å²) in [5.41, 5.74) is 0.641. The number of rotatable bonds is 7. The van der Waals surface area contributed by atoms with Crippen molar-refractivity contribution in [1.82, 2.24) is 30.7 Å². The fraction of sp³-hybridized carbons (Fsp3) is 0.533. The molecule has 0 radical (unpaired) electrons. The van der Waals surface area contributed by atoms with Gasteiger partial charge in [-0.25, -0.2) is 14.6 Å². The van der Waals surface area contributed by atoms with Crippen LogP contribution in [-0.4, -0.2) is 72.1 Å². The fourth-order valence-electron chi connectivity index (χ4n) is 2.87. The quantitative estimate of drug-likeness (QED) is 0.377. The first kappa shape index (κ1) is 19.5. The van der Waals surface area contributed by atoms with Gasteiger partial charge in [0, 0.05) is 17.5 Å². The second-order valence-electron chi connectivity index (χ2n) is 6.02. The van der Waals surface area contributed by atoms with Gasteiger partial charge in [-0.3, -0.25) is 14.8 Å². The van der Waals surface area contributed by atoms with Gasteiger partial charge in [0.15, 0.2) is 5.16 Å². The molecule has 3 amide bonds. The van der Waals surface area contributed by atoms with Crippen LogP contribution in [0.3, 0.4) is 0 Å². The van der Waals surface area contributed by atoms with Crippen LogP contribution in [0, 0.1) is 0 Å². The Bertz CT molecular complexity index is 768. The van der Waals surface area contributed by atoms with Gasteiger partial charge in [0.25, 0.3) is 5.91 Å². The van der Waals surface area contributed by atoms with E-state index >= 15 is 0 Å². The molecule has 0 aromatic carbocycles. The van der Waals surface area contributed by atoms with E-state index in [0.29, 0.717) is 23.0 Å². The molecule has 1 fully saturated rings. The van der Waals surface area contributed by atoms with Crippen LogP contribution < -0.4 is 10.6 Å². The number of β-lactam (4-membered cyclic amide) rings is 1. The van der Waals surface area contributed by atoms with Crippen LogP contribution in [0.4, 0.5) is 4.79 Å². The predicted octanol–water partition coefficient (Wildman–Crippen LogP) is 0.617. The van der Waals surface area contributed by atoms with Crippen molar-refractivity contribution in [2.45, 2.75) is 42.1 Å². The maximum Gasteiger partial charge on any atom is 0.352 e. The minimum absolute atomic E-state index is 0.00437. The first-order chi connectivity index (χ1) is 12.9. The average Bonchev–Trinajstić information content (AvgIpc) is 3.15. The van der Waals surface area contributed by atoms with E-state index < -0.39 is 29.3 Å². The highest BCUT2D eigenvalue weighted by Crippen LogP contribution is 2.43. The summed E-state index contributed by atoms with van der Waals surface area (Å²) in [6.07, 6.45) is 2.17. The van der Waals surface area contributed by atoms with Crippen LogP contribution in [-0.2, 0) is 9.59 Å². The lowest BCUT2D eigenvalue weighted by molar-refractivity contribution is -0.148. The summed E-state index contributed by atoms with van der Waals surface area (Å²) in [6.45, 7) is 4.30. The maximum absolute atomic E-state index is 12.5. The molecule has 2 unspecified atom stereocenters. The molecule has 27 heavy (non-hydrogen) atoms. The van der Waals surface area contributed by atoms with Crippen molar-refractivity contribution >= 4 is 41.4 Å². The minimum Gasteiger partial charge on any atom is -0.477 e. The van der Waals surface area contributed by atoms with Crippen LogP contribution in [0.25, 0.3) is 0 Å². The first-order valence-electron chi connectivity index (χ1n) is 8.41. The standard InChI is InChI=1S/C15H20N6O4S2/c1-3-4-16-14(25)19-9-11(22)21-10(13(23)24)8(5-26-12(9)21)7(2)27-15-17-6-18-20-15/h6-7,9,12H,3-5H2,1-2H3,(H,23,24)(H2,16,19,25)(H,17,18,20)/t7?,9?,12-/m0/s1. The van der Waals surface area contributed by atoms with Gasteiger partial charge in [-0.1, -0.05) is 18.7 Å². The van der Waals surface area contributed by atoms with Gasteiger partial charge in [-0.2, -0.15) is 5.10 Å². The lowest BCUT2D eigenvalue weighted by Gasteiger charge is -2.49. The van der Waals surface area contributed by atoms with E-state index in [4.69, 9.17) is 0 Å². The maximum atomic E-state index is 12.5. The molecule has 4 N–H and O–H groups in total. The predicted molar refractivity (Wildman–Crippen MR) is 100 cm³/mol. The van der Waals surface area contributed by atoms with Crippen LogP contribution in [0.15, 0.2) is 22.8 Å². The Hall–Kier alpha value is -2.21. The second-order valence-corrected chi connectivity index (χ2v) is 8.45. The van der Waals surface area contributed by atoms with Gasteiger partial charge in [-0.05, 0) is 18.9 Å². The van der Waals surface area contributed by atoms with Crippen LogP contribution in [0.2, 0.25) is 0 Å². The number of carbonyl (C=O) groups is 3. The van der Waals surface area contributed by atoms with Gasteiger partial charge in [-0.15, -0.1) is 11.8 Å². The molecule has 2 aliphatic heterocycles. The molecule has 10 nitrogen and oxygen atoms in total. The zero-order chi connectivity index (χ0) is 19.6. The number of aliphatic carboxylic acids is 1. The Morgan fingerprint density at radius 1 is 1.56 bits per heavy atom. The molecular formula is C15H20N6O4S2. The van der Waals surface area contributed by atoms with E-state index in [2.05, 4.69) is 25.8 Å². The van der Waals surface area contributed by atoms with E-state index in [1.54, 1.807) is 0 Å². The molecule has 12 heteroatoms. The van der Waals surface area contributed by atoms with Crippen molar-refractivity contribution in [2.75, 3.05) is 12.3 Å². The number of hydrogen-bond acceptors (Lipinski definition) is 7. The van der Waals surface area contributed by atoms with Crippen molar-refractivity contribution in [3.63, 3.8) is 0 Å². The summed E-state index contributed by atoms with van der Waals surface area (Å²) in [5.74, 6) is -1.11. The van der Waals surface area contributed by atoms with Crippen molar-refractivity contribution in [2.24, 2.45) is 0 Å². The Morgan fingerprint density at radius 2 is 2.33 bits per heavy atom. The SMILES string of the molecule is CCCNC(=O)NC1C(=O)N2C(C(=O)O)=C(C(C)Sc3ncn[nH]3)CS[C@@H]12. The average molecular weight is 412 g/mol. The number of nitrogens with one attached hydrogen (secondary N) is 3. The van der Waals surface area contributed by atoms with E-state index in [0.717, 1.165) is 6.42 Å². The van der Waals surface area contributed by atoms with Gasteiger partial charge in [0.05, 0.1) is 0 Å². The summed E-state index contributed by atoms with van der Waals surface area (Å²) < 4.78 is 0. The largest absolute Gasteiger partial charge is 0.477 e. The van der Waals surface area contributed by atoms with Gasteiger partial charge >= 0.3 is 12.0 Å². The topological polar surface area (TPSA) is 140 Å². The van der Waals surface area contributed by atoms with Gasteiger partial charge in [0.2, 0.25) is 0 Å². The van der Waals surface area contributed by atoms with Crippen LogP contribution >= 0.6 is 23.5 Å². The highest BCUT2D eigenvalue weighted by atomic mass is 32.2. The van der Waals surface area contributed by atoms with Crippen molar-refractivity contribution in [3.05, 3.63) is 17.6 Å². The summed E-state index contributed by atoms with van der Waals surface area (Å²) in [7, 11) is 0. The molecule has 3 heterocycles. The molecular weight excluding hydrogens is 392 g/mol. The number of thioether (sulfide) groups is 2. The Morgan fingerprint density at radius 3 is 2.96 bits per heavy atom. The highest BCUT2D eigenvalue weighted by molar-refractivity contribution is 8.01. The summed E-state index contributed by atoms with van der Waals surface area (Å²) >= 11 is 2.79. The Labute approximate surface area is 163 Å². The molecule has 1 aromatic heterocycles. The lowest BCUT2D eigenvalue weighted by atomic mass is 10.0. The zero-order valence-corrected chi connectivity index (χ0v) is 16.4. The fourth-order valence-corrected chi connectivity index (χ4v) is 5.34. The molecule has 0 aliphatic carbocycles. The van der Waals surface area contributed by atoms with Crippen LogP contribution in [0.1, 0.15) is 20.3 Å². The number of H-pyrrole nitrogens is 1. The summed E-state index contributed by atoms with van der Waals surface area (Å²) in [4.78, 5) is 41.6. The van der Waals surface area contributed by atoms with E-state index in [-0.39, 0.29) is 10.9 Å². The number of hydrogen-bond donors (Lipinski definition) is 4. The number of amides is 3. The molecule has 0 bridgehead atoms. The number of carboxylic acids is 1. The monoisotopic (exact) mass is 412 g/mol. The highest BCUT2D eigenvalue weighted by Gasteiger charge is 2.54. The summed E-state index contributed by atoms with van der Waals surface area (Å²) in [5, 5.41) is 21.5. The van der Waals surface area contributed by atoms with E-state index in [1.807, 2.05) is 13.8 Å². The number of carboxylic acid groups (broad SMARTS) is 1. The normalized spacial score (nSPS) is 22.7. The Kier molecular flexibility index (Phi) is 5.95. The number of fused-ring (bicyclic) bond motifs is 1. The van der Waals surface area contributed by atoms with E-state index in [9.17, 15) is 19.5 Å². The molecule has 0 saturated carbocycles. The minimum atomic E-state index is -1.15. The van der Waals surface area contributed by atoms with Gasteiger partial charge < -0.3 is 15.7 Å². The van der Waals surface area contributed by atoms with Crippen molar-refractivity contribution in [3.8, 4) is 0 Å².